The van der Waals surface area contributed by atoms with Crippen molar-refractivity contribution in [2.24, 2.45) is 0 Å². The van der Waals surface area contributed by atoms with Gasteiger partial charge in [-0.3, -0.25) is 9.69 Å². The molecule has 1 aliphatic rings. The lowest BCUT2D eigenvalue weighted by Gasteiger charge is -2.25. The normalized spacial score (nSPS) is 18.3. The van der Waals surface area contributed by atoms with Crippen LogP contribution in [0, 0.1) is 6.92 Å². The third-order valence-corrected chi connectivity index (χ3v) is 4.15. The van der Waals surface area contributed by atoms with E-state index in [0.717, 1.165) is 48.7 Å². The predicted octanol–water partition coefficient (Wildman–Crippen LogP) is 1.48. The number of H-pyrrole nitrogens is 1. The van der Waals surface area contributed by atoms with Crippen LogP contribution in [0.1, 0.15) is 48.6 Å². The van der Waals surface area contributed by atoms with Gasteiger partial charge >= 0.3 is 0 Å². The lowest BCUT2D eigenvalue weighted by atomic mass is 10.1. The van der Waals surface area contributed by atoms with E-state index in [-0.39, 0.29) is 11.9 Å². The largest absolute Gasteiger partial charge is 0.352 e. The minimum Gasteiger partial charge on any atom is -0.352 e. The van der Waals surface area contributed by atoms with Gasteiger partial charge in [0.15, 0.2) is 0 Å². The summed E-state index contributed by atoms with van der Waals surface area (Å²) in [6.07, 6.45) is 7.61. The van der Waals surface area contributed by atoms with Crippen molar-refractivity contribution in [3.8, 4) is 0 Å². The van der Waals surface area contributed by atoms with E-state index in [2.05, 4.69) is 30.2 Å². The maximum atomic E-state index is 11.2. The van der Waals surface area contributed by atoms with Gasteiger partial charge < -0.3 is 10.3 Å². The van der Waals surface area contributed by atoms with Gasteiger partial charge in [0.1, 0.15) is 5.82 Å². The summed E-state index contributed by atoms with van der Waals surface area (Å²) in [7, 11) is 0. The summed E-state index contributed by atoms with van der Waals surface area (Å²) in [6, 6.07) is 0.253. The van der Waals surface area contributed by atoms with Crippen molar-refractivity contribution in [3.63, 3.8) is 0 Å². The first-order chi connectivity index (χ1) is 11.1. The highest BCUT2D eigenvalue weighted by Gasteiger charge is 2.29. The Kier molecular flexibility index (Phi) is 4.66. The minimum atomic E-state index is -0.0442. The molecule has 2 aromatic rings. The van der Waals surface area contributed by atoms with E-state index in [0.29, 0.717) is 6.54 Å². The smallest absolute Gasteiger partial charge is 0.217 e. The molecule has 1 amide bonds. The van der Waals surface area contributed by atoms with Crippen LogP contribution in [0.25, 0.3) is 0 Å². The molecule has 1 saturated heterocycles. The lowest BCUT2D eigenvalue weighted by Crippen LogP contribution is -2.27. The maximum absolute atomic E-state index is 11.2. The zero-order valence-corrected chi connectivity index (χ0v) is 13.5. The number of aromatic nitrogens is 4. The first kappa shape index (κ1) is 15.6. The summed E-state index contributed by atoms with van der Waals surface area (Å²) in [4.78, 5) is 29.9. The Labute approximate surface area is 135 Å². The Morgan fingerprint density at radius 3 is 3.09 bits per heavy atom. The summed E-state index contributed by atoms with van der Waals surface area (Å²) in [6.45, 7) is 5.76. The zero-order valence-electron chi connectivity index (χ0n) is 13.5. The van der Waals surface area contributed by atoms with Crippen molar-refractivity contribution in [2.45, 2.75) is 45.8 Å². The zero-order chi connectivity index (χ0) is 16.2. The number of nitrogens with one attached hydrogen (secondary N) is 2. The molecular weight excluding hydrogens is 292 g/mol. The van der Waals surface area contributed by atoms with Crippen molar-refractivity contribution in [1.82, 2.24) is 30.2 Å². The SMILES string of the molecule is CC(=O)NCc1cnc(C)nc1[C@H]1CCCN1Cc1cnc[nH]1. The molecule has 2 aromatic heterocycles. The summed E-state index contributed by atoms with van der Waals surface area (Å²) in [5.41, 5.74) is 3.13. The number of rotatable bonds is 5. The molecule has 0 saturated carbocycles. The quantitative estimate of drug-likeness (QED) is 0.873. The molecule has 0 aromatic carbocycles. The molecule has 0 radical (unpaired) electrons. The van der Waals surface area contributed by atoms with E-state index < -0.39 is 0 Å². The Bertz CT molecular complexity index is 669. The van der Waals surface area contributed by atoms with Crippen LogP contribution in [0.2, 0.25) is 0 Å². The number of carbonyl (C=O) groups excluding carboxylic acids is 1. The van der Waals surface area contributed by atoms with Crippen molar-refractivity contribution < 1.29 is 4.79 Å². The van der Waals surface area contributed by atoms with Crippen LogP contribution in [0.4, 0.5) is 0 Å². The number of aryl methyl sites for hydroxylation is 1. The number of likely N-dealkylation sites (tertiary alicyclic amines) is 1. The van der Waals surface area contributed by atoms with Crippen molar-refractivity contribution in [2.75, 3.05) is 6.54 Å². The fourth-order valence-electron chi connectivity index (χ4n) is 3.07. The van der Waals surface area contributed by atoms with E-state index in [1.165, 1.54) is 6.92 Å². The van der Waals surface area contributed by atoms with Crippen LogP contribution >= 0.6 is 0 Å². The van der Waals surface area contributed by atoms with Crippen molar-refractivity contribution in [3.05, 3.63) is 41.5 Å². The minimum absolute atomic E-state index is 0.0442. The number of hydrogen-bond donors (Lipinski definition) is 2. The summed E-state index contributed by atoms with van der Waals surface area (Å²) in [5, 5.41) is 2.85. The highest BCUT2D eigenvalue weighted by Crippen LogP contribution is 2.33. The van der Waals surface area contributed by atoms with Gasteiger partial charge in [-0.05, 0) is 26.3 Å². The fraction of sp³-hybridized carbons (Fsp3) is 0.500. The highest BCUT2D eigenvalue weighted by molar-refractivity contribution is 5.72. The first-order valence-electron chi connectivity index (χ1n) is 7.91. The Morgan fingerprint density at radius 2 is 2.35 bits per heavy atom. The lowest BCUT2D eigenvalue weighted by molar-refractivity contribution is -0.119. The van der Waals surface area contributed by atoms with Crippen molar-refractivity contribution in [1.29, 1.82) is 0 Å². The van der Waals surface area contributed by atoms with Gasteiger partial charge in [-0.2, -0.15) is 0 Å². The number of amides is 1. The molecule has 0 spiro atoms. The Morgan fingerprint density at radius 1 is 1.48 bits per heavy atom. The van der Waals surface area contributed by atoms with E-state index in [4.69, 9.17) is 0 Å². The molecule has 122 valence electrons. The molecule has 7 heteroatoms. The molecule has 0 aliphatic carbocycles. The number of nitrogens with zero attached hydrogens (tertiary/aromatic N) is 4. The van der Waals surface area contributed by atoms with E-state index in [1.807, 2.05) is 19.3 Å². The molecular formula is C16H22N6O. The Hall–Kier alpha value is -2.28. The average Bonchev–Trinajstić information content (AvgIpc) is 3.18. The third kappa shape index (κ3) is 3.73. The van der Waals surface area contributed by atoms with Gasteiger partial charge in [0, 0.05) is 43.7 Å². The number of hydrogen-bond acceptors (Lipinski definition) is 5. The standard InChI is InChI=1S/C16H22N6O/c1-11-18-6-13(7-19-12(2)23)16(21-11)15-4-3-5-22(15)9-14-8-17-10-20-14/h6,8,10,15H,3-5,7,9H2,1-2H3,(H,17,20)(H,19,23)/t15-/m1/s1. The van der Waals surface area contributed by atoms with Gasteiger partial charge in [0.25, 0.3) is 0 Å². The monoisotopic (exact) mass is 314 g/mol. The molecule has 0 unspecified atom stereocenters. The van der Waals surface area contributed by atoms with E-state index in [9.17, 15) is 4.79 Å². The maximum Gasteiger partial charge on any atom is 0.217 e. The number of carbonyl (C=O) groups is 1. The molecule has 23 heavy (non-hydrogen) atoms. The molecule has 3 heterocycles. The van der Waals surface area contributed by atoms with Gasteiger partial charge in [-0.25, -0.2) is 15.0 Å². The van der Waals surface area contributed by atoms with Gasteiger partial charge in [-0.15, -0.1) is 0 Å². The molecule has 3 rings (SSSR count). The van der Waals surface area contributed by atoms with Crippen LogP contribution in [0.5, 0.6) is 0 Å². The topological polar surface area (TPSA) is 86.8 Å². The van der Waals surface area contributed by atoms with Crippen LogP contribution in [0.15, 0.2) is 18.7 Å². The molecule has 1 aliphatic heterocycles. The van der Waals surface area contributed by atoms with Crippen molar-refractivity contribution >= 4 is 5.91 Å². The van der Waals surface area contributed by atoms with Crippen LogP contribution in [-0.2, 0) is 17.9 Å². The highest BCUT2D eigenvalue weighted by atomic mass is 16.1. The second-order valence-electron chi connectivity index (χ2n) is 5.94. The van der Waals surface area contributed by atoms with Gasteiger partial charge in [-0.1, -0.05) is 0 Å². The molecule has 2 N–H and O–H groups in total. The van der Waals surface area contributed by atoms with Gasteiger partial charge in [0.05, 0.1) is 18.1 Å². The third-order valence-electron chi connectivity index (χ3n) is 4.15. The first-order valence-corrected chi connectivity index (χ1v) is 7.91. The second-order valence-corrected chi connectivity index (χ2v) is 5.94. The predicted molar refractivity (Wildman–Crippen MR) is 85.3 cm³/mol. The summed E-state index contributed by atoms with van der Waals surface area (Å²) < 4.78 is 0. The van der Waals surface area contributed by atoms with Crippen LogP contribution < -0.4 is 5.32 Å². The average molecular weight is 314 g/mol. The molecule has 0 bridgehead atoms. The fourth-order valence-corrected chi connectivity index (χ4v) is 3.07. The van der Waals surface area contributed by atoms with Crippen LogP contribution in [-0.4, -0.2) is 37.3 Å². The summed E-state index contributed by atoms with van der Waals surface area (Å²) in [5.74, 6) is 0.720. The number of imidazole rings is 1. The van der Waals surface area contributed by atoms with E-state index >= 15 is 0 Å². The van der Waals surface area contributed by atoms with Crippen LogP contribution in [0.3, 0.4) is 0 Å². The number of aromatic amines is 1. The summed E-state index contributed by atoms with van der Waals surface area (Å²) >= 11 is 0. The molecule has 1 atom stereocenters. The Balaban J connectivity index is 1.83. The van der Waals surface area contributed by atoms with E-state index in [1.54, 1.807) is 6.33 Å². The molecule has 7 nitrogen and oxygen atoms in total. The van der Waals surface area contributed by atoms with Gasteiger partial charge in [0.2, 0.25) is 5.91 Å². The molecule has 1 fully saturated rings. The second kappa shape index (κ2) is 6.87.